The van der Waals surface area contributed by atoms with Gasteiger partial charge in [0.05, 0.1) is 0 Å². The van der Waals surface area contributed by atoms with Crippen LogP contribution in [0, 0.1) is 5.41 Å². The molecule has 1 N–H and O–H groups in total. The lowest BCUT2D eigenvalue weighted by Crippen LogP contribution is -2.34. The van der Waals surface area contributed by atoms with Gasteiger partial charge in [0.15, 0.2) is 0 Å². The zero-order valence-corrected chi connectivity index (χ0v) is 13.6. The fourth-order valence-electron chi connectivity index (χ4n) is 2.76. The quantitative estimate of drug-likeness (QED) is 0.797. The summed E-state index contributed by atoms with van der Waals surface area (Å²) in [6.07, 6.45) is 0. The van der Waals surface area contributed by atoms with Gasteiger partial charge in [0, 0.05) is 12.6 Å². The van der Waals surface area contributed by atoms with Crippen molar-refractivity contribution >= 4 is 0 Å². The van der Waals surface area contributed by atoms with Gasteiger partial charge in [0.2, 0.25) is 0 Å². The molecule has 2 unspecified atom stereocenters. The van der Waals surface area contributed by atoms with Crippen molar-refractivity contribution in [3.63, 3.8) is 0 Å². The van der Waals surface area contributed by atoms with Gasteiger partial charge in [0.25, 0.3) is 0 Å². The lowest BCUT2D eigenvalue weighted by molar-refractivity contribution is 0.269. The molecule has 0 saturated carbocycles. The van der Waals surface area contributed by atoms with E-state index >= 15 is 0 Å². The molecule has 2 aromatic carbocycles. The monoisotopic (exact) mass is 281 g/mol. The summed E-state index contributed by atoms with van der Waals surface area (Å²) in [5, 5.41) is 3.77. The predicted molar refractivity (Wildman–Crippen MR) is 91.5 cm³/mol. The fourth-order valence-corrected chi connectivity index (χ4v) is 2.76. The molecule has 0 aliphatic rings. The second-order valence-corrected chi connectivity index (χ2v) is 6.93. The van der Waals surface area contributed by atoms with Crippen LogP contribution in [0.1, 0.15) is 50.8 Å². The zero-order valence-electron chi connectivity index (χ0n) is 13.6. The molecule has 0 saturated heterocycles. The Kier molecular flexibility index (Phi) is 5.19. The SMILES string of the molecule is CC(CNC(c1ccccc1)C(C)(C)C)c1ccccc1. The minimum absolute atomic E-state index is 0.192. The minimum Gasteiger partial charge on any atom is -0.309 e. The van der Waals surface area contributed by atoms with E-state index in [1.165, 1.54) is 11.1 Å². The third kappa shape index (κ3) is 4.44. The van der Waals surface area contributed by atoms with Crippen molar-refractivity contribution in [1.29, 1.82) is 0 Å². The minimum atomic E-state index is 0.192. The van der Waals surface area contributed by atoms with E-state index in [1.54, 1.807) is 0 Å². The van der Waals surface area contributed by atoms with Gasteiger partial charge in [0.1, 0.15) is 0 Å². The van der Waals surface area contributed by atoms with Crippen molar-refractivity contribution < 1.29 is 0 Å². The number of benzene rings is 2. The lowest BCUT2D eigenvalue weighted by atomic mass is 9.82. The van der Waals surface area contributed by atoms with E-state index in [-0.39, 0.29) is 5.41 Å². The first-order valence-electron chi connectivity index (χ1n) is 7.82. The number of hydrogen-bond donors (Lipinski definition) is 1. The number of nitrogens with one attached hydrogen (secondary N) is 1. The van der Waals surface area contributed by atoms with E-state index in [9.17, 15) is 0 Å². The molecule has 0 aliphatic carbocycles. The van der Waals surface area contributed by atoms with Gasteiger partial charge in [-0.05, 0) is 22.5 Å². The molecule has 2 atom stereocenters. The molecule has 0 amide bonds. The van der Waals surface area contributed by atoms with Crippen LogP contribution >= 0.6 is 0 Å². The van der Waals surface area contributed by atoms with Crippen molar-refractivity contribution in [3.05, 3.63) is 71.8 Å². The topological polar surface area (TPSA) is 12.0 Å². The molecular formula is C20H27N. The molecule has 0 aromatic heterocycles. The summed E-state index contributed by atoms with van der Waals surface area (Å²) in [7, 11) is 0. The standard InChI is InChI=1S/C20H27N/c1-16(17-11-7-5-8-12-17)15-21-19(20(2,3)4)18-13-9-6-10-14-18/h5-14,16,19,21H,15H2,1-4H3. The first-order chi connectivity index (χ1) is 9.98. The highest BCUT2D eigenvalue weighted by atomic mass is 14.9. The summed E-state index contributed by atoms with van der Waals surface area (Å²) in [4.78, 5) is 0. The second-order valence-electron chi connectivity index (χ2n) is 6.93. The maximum atomic E-state index is 3.77. The van der Waals surface area contributed by atoms with Crippen LogP contribution in [-0.2, 0) is 0 Å². The highest BCUT2D eigenvalue weighted by Crippen LogP contribution is 2.33. The summed E-state index contributed by atoms with van der Waals surface area (Å²) in [5.41, 5.74) is 2.95. The Morgan fingerprint density at radius 3 is 1.76 bits per heavy atom. The van der Waals surface area contributed by atoms with Crippen LogP contribution in [0.15, 0.2) is 60.7 Å². The summed E-state index contributed by atoms with van der Waals surface area (Å²) in [6, 6.07) is 21.8. The Bertz CT molecular complexity index is 525. The van der Waals surface area contributed by atoms with Crippen LogP contribution in [0.5, 0.6) is 0 Å². The molecule has 0 aliphatic heterocycles. The van der Waals surface area contributed by atoms with Crippen LogP contribution in [0.25, 0.3) is 0 Å². The predicted octanol–water partition coefficient (Wildman–Crippen LogP) is 5.17. The van der Waals surface area contributed by atoms with E-state index in [0.29, 0.717) is 12.0 Å². The average Bonchev–Trinajstić information content (AvgIpc) is 2.48. The Morgan fingerprint density at radius 2 is 1.29 bits per heavy atom. The maximum absolute atomic E-state index is 3.77. The second kappa shape index (κ2) is 6.91. The van der Waals surface area contributed by atoms with Gasteiger partial charge >= 0.3 is 0 Å². The molecule has 1 nitrogen and oxygen atoms in total. The average molecular weight is 281 g/mol. The first-order valence-corrected chi connectivity index (χ1v) is 7.82. The third-order valence-electron chi connectivity index (χ3n) is 4.00. The molecule has 0 radical (unpaired) electrons. The molecule has 2 aromatic rings. The maximum Gasteiger partial charge on any atom is 0.0369 e. The van der Waals surface area contributed by atoms with Crippen molar-refractivity contribution in [2.24, 2.45) is 5.41 Å². The van der Waals surface area contributed by atoms with E-state index in [1.807, 2.05) is 0 Å². The third-order valence-corrected chi connectivity index (χ3v) is 4.00. The number of hydrogen-bond acceptors (Lipinski definition) is 1. The summed E-state index contributed by atoms with van der Waals surface area (Å²) >= 11 is 0. The fraction of sp³-hybridized carbons (Fsp3) is 0.400. The lowest BCUT2D eigenvalue weighted by Gasteiger charge is -2.33. The molecule has 0 spiro atoms. The number of rotatable bonds is 5. The Balaban J connectivity index is 2.07. The van der Waals surface area contributed by atoms with Gasteiger partial charge in [-0.15, -0.1) is 0 Å². The normalized spacial score (nSPS) is 14.7. The van der Waals surface area contributed by atoms with Crippen LogP contribution in [0.4, 0.5) is 0 Å². The van der Waals surface area contributed by atoms with E-state index < -0.39 is 0 Å². The first kappa shape index (κ1) is 15.8. The van der Waals surface area contributed by atoms with Gasteiger partial charge in [-0.25, -0.2) is 0 Å². The van der Waals surface area contributed by atoms with E-state index in [2.05, 4.69) is 93.7 Å². The molecule has 0 heterocycles. The van der Waals surface area contributed by atoms with Crippen molar-refractivity contribution in [3.8, 4) is 0 Å². The van der Waals surface area contributed by atoms with Crippen LogP contribution in [-0.4, -0.2) is 6.54 Å². The van der Waals surface area contributed by atoms with E-state index in [0.717, 1.165) is 6.54 Å². The zero-order chi connectivity index (χ0) is 15.3. The molecule has 21 heavy (non-hydrogen) atoms. The smallest absolute Gasteiger partial charge is 0.0369 e. The van der Waals surface area contributed by atoms with E-state index in [4.69, 9.17) is 0 Å². The Labute approximate surface area is 129 Å². The highest BCUT2D eigenvalue weighted by molar-refractivity contribution is 5.22. The summed E-state index contributed by atoms with van der Waals surface area (Å²) in [5.74, 6) is 0.514. The van der Waals surface area contributed by atoms with Crippen LogP contribution < -0.4 is 5.32 Å². The van der Waals surface area contributed by atoms with Gasteiger partial charge < -0.3 is 5.32 Å². The van der Waals surface area contributed by atoms with Crippen molar-refractivity contribution in [2.75, 3.05) is 6.54 Å². The summed E-state index contributed by atoms with van der Waals surface area (Å²) < 4.78 is 0. The highest BCUT2D eigenvalue weighted by Gasteiger charge is 2.26. The van der Waals surface area contributed by atoms with Crippen LogP contribution in [0.3, 0.4) is 0 Å². The molecule has 112 valence electrons. The van der Waals surface area contributed by atoms with Crippen LogP contribution in [0.2, 0.25) is 0 Å². The largest absolute Gasteiger partial charge is 0.309 e. The Morgan fingerprint density at radius 1 is 0.810 bits per heavy atom. The van der Waals surface area contributed by atoms with Gasteiger partial charge in [-0.3, -0.25) is 0 Å². The molecule has 2 rings (SSSR count). The molecule has 0 bridgehead atoms. The van der Waals surface area contributed by atoms with Crippen molar-refractivity contribution in [2.45, 2.75) is 39.7 Å². The molecule has 1 heteroatoms. The molecule has 0 fully saturated rings. The van der Waals surface area contributed by atoms with Crippen molar-refractivity contribution in [1.82, 2.24) is 5.32 Å². The van der Waals surface area contributed by atoms with Gasteiger partial charge in [-0.1, -0.05) is 88.4 Å². The summed E-state index contributed by atoms with van der Waals surface area (Å²) in [6.45, 7) is 10.2. The Hall–Kier alpha value is -1.60. The molecular weight excluding hydrogens is 254 g/mol. The van der Waals surface area contributed by atoms with Gasteiger partial charge in [-0.2, -0.15) is 0 Å².